The molecule has 2 rings (SSSR count). The molecule has 0 saturated carbocycles. The number of nitro groups is 1. The molecule has 0 unspecified atom stereocenters. The predicted molar refractivity (Wildman–Crippen MR) is 92.5 cm³/mol. The second-order valence-corrected chi connectivity index (χ2v) is 5.63. The standard InChI is InChI=1S/C18H18N2O5/c1-11-8-9-14(12(2)10-11)18(22)25-13(3)17(21)19-15-6-4-5-7-16(15)20(23)24/h4-10,13H,1-3H3,(H,19,21)/t13-/m1/s1. The number of rotatable bonds is 5. The Kier molecular flexibility index (Phi) is 5.49. The highest BCUT2D eigenvalue weighted by atomic mass is 16.6. The van der Waals surface area contributed by atoms with Crippen molar-refractivity contribution in [1.29, 1.82) is 0 Å². The van der Waals surface area contributed by atoms with Gasteiger partial charge >= 0.3 is 5.97 Å². The summed E-state index contributed by atoms with van der Waals surface area (Å²) in [6, 6.07) is 11.0. The van der Waals surface area contributed by atoms with Crippen molar-refractivity contribution >= 4 is 23.3 Å². The van der Waals surface area contributed by atoms with E-state index in [1.54, 1.807) is 25.1 Å². The first-order chi connectivity index (χ1) is 11.8. The zero-order chi connectivity index (χ0) is 18.6. The van der Waals surface area contributed by atoms with Crippen LogP contribution in [0.5, 0.6) is 0 Å². The molecule has 7 nitrogen and oxygen atoms in total. The second-order valence-electron chi connectivity index (χ2n) is 5.63. The number of carbonyl (C=O) groups is 2. The maximum atomic E-state index is 12.2. The molecule has 1 amide bonds. The molecule has 0 saturated heterocycles. The highest BCUT2D eigenvalue weighted by Gasteiger charge is 2.22. The monoisotopic (exact) mass is 342 g/mol. The number of carbonyl (C=O) groups excluding carboxylic acids is 2. The number of hydrogen-bond acceptors (Lipinski definition) is 5. The number of anilines is 1. The molecular formula is C18H18N2O5. The van der Waals surface area contributed by atoms with Gasteiger partial charge in [0, 0.05) is 6.07 Å². The van der Waals surface area contributed by atoms with Crippen molar-refractivity contribution in [1.82, 2.24) is 0 Å². The molecule has 1 atom stereocenters. The van der Waals surface area contributed by atoms with Crippen LogP contribution in [0.25, 0.3) is 0 Å². The summed E-state index contributed by atoms with van der Waals surface area (Å²) in [5.74, 6) is -1.27. The lowest BCUT2D eigenvalue weighted by molar-refractivity contribution is -0.383. The number of nitro benzene ring substituents is 1. The lowest BCUT2D eigenvalue weighted by Crippen LogP contribution is -2.30. The molecular weight excluding hydrogens is 324 g/mol. The van der Waals surface area contributed by atoms with Crippen LogP contribution in [0.15, 0.2) is 42.5 Å². The van der Waals surface area contributed by atoms with E-state index in [4.69, 9.17) is 4.74 Å². The van der Waals surface area contributed by atoms with E-state index in [9.17, 15) is 19.7 Å². The summed E-state index contributed by atoms with van der Waals surface area (Å²) in [5.41, 5.74) is 1.94. The van der Waals surface area contributed by atoms with E-state index in [1.807, 2.05) is 13.0 Å². The van der Waals surface area contributed by atoms with Gasteiger partial charge in [-0.2, -0.15) is 0 Å². The molecule has 7 heteroatoms. The molecule has 0 spiro atoms. The van der Waals surface area contributed by atoms with Crippen LogP contribution in [-0.4, -0.2) is 22.9 Å². The summed E-state index contributed by atoms with van der Waals surface area (Å²) in [6.07, 6.45) is -1.10. The molecule has 0 radical (unpaired) electrons. The van der Waals surface area contributed by atoms with E-state index < -0.39 is 22.9 Å². The van der Waals surface area contributed by atoms with E-state index in [0.29, 0.717) is 5.56 Å². The summed E-state index contributed by atoms with van der Waals surface area (Å²) in [7, 11) is 0. The minimum atomic E-state index is -1.10. The lowest BCUT2D eigenvalue weighted by atomic mass is 10.1. The van der Waals surface area contributed by atoms with Gasteiger partial charge in [-0.25, -0.2) is 4.79 Å². The molecule has 0 aromatic heterocycles. The van der Waals surface area contributed by atoms with E-state index in [1.165, 1.54) is 25.1 Å². The summed E-state index contributed by atoms with van der Waals surface area (Å²) in [4.78, 5) is 34.8. The van der Waals surface area contributed by atoms with Crippen LogP contribution in [0.3, 0.4) is 0 Å². The SMILES string of the molecule is Cc1ccc(C(=O)O[C@H](C)C(=O)Nc2ccccc2[N+](=O)[O-])c(C)c1. The average molecular weight is 342 g/mol. The maximum absolute atomic E-state index is 12.2. The normalized spacial score (nSPS) is 11.5. The van der Waals surface area contributed by atoms with Crippen LogP contribution in [0.4, 0.5) is 11.4 Å². The van der Waals surface area contributed by atoms with Gasteiger partial charge in [0.05, 0.1) is 10.5 Å². The van der Waals surface area contributed by atoms with Gasteiger partial charge < -0.3 is 10.1 Å². The summed E-state index contributed by atoms with van der Waals surface area (Å²) in [5, 5.41) is 13.4. The number of nitrogens with one attached hydrogen (secondary N) is 1. The first kappa shape index (κ1) is 18.1. The molecule has 130 valence electrons. The van der Waals surface area contributed by atoms with Crippen LogP contribution < -0.4 is 5.32 Å². The molecule has 1 N–H and O–H groups in total. The molecule has 2 aromatic rings. The smallest absolute Gasteiger partial charge is 0.339 e. The maximum Gasteiger partial charge on any atom is 0.339 e. The lowest BCUT2D eigenvalue weighted by Gasteiger charge is -2.14. The highest BCUT2D eigenvalue weighted by molar-refractivity contribution is 5.99. The number of para-hydroxylation sites is 2. The van der Waals surface area contributed by atoms with Gasteiger partial charge in [0.25, 0.3) is 11.6 Å². The molecule has 25 heavy (non-hydrogen) atoms. The third-order valence-electron chi connectivity index (χ3n) is 3.61. The van der Waals surface area contributed by atoms with Gasteiger partial charge in [0.15, 0.2) is 6.10 Å². The van der Waals surface area contributed by atoms with E-state index in [-0.39, 0.29) is 11.4 Å². The zero-order valence-electron chi connectivity index (χ0n) is 14.1. The van der Waals surface area contributed by atoms with Gasteiger partial charge in [-0.05, 0) is 38.5 Å². The fraction of sp³-hybridized carbons (Fsp3) is 0.222. The number of nitrogens with zero attached hydrogens (tertiary/aromatic N) is 1. The number of esters is 1. The number of hydrogen-bond donors (Lipinski definition) is 1. The van der Waals surface area contributed by atoms with Crippen molar-refractivity contribution in [2.45, 2.75) is 26.9 Å². The minimum absolute atomic E-state index is 0.0481. The fourth-order valence-corrected chi connectivity index (χ4v) is 2.29. The fourth-order valence-electron chi connectivity index (χ4n) is 2.29. The van der Waals surface area contributed by atoms with Crippen LogP contribution in [0, 0.1) is 24.0 Å². The number of ether oxygens (including phenoxy) is 1. The van der Waals surface area contributed by atoms with E-state index in [0.717, 1.165) is 11.1 Å². The molecule has 0 aliphatic rings. The predicted octanol–water partition coefficient (Wildman–Crippen LogP) is 3.40. The van der Waals surface area contributed by atoms with E-state index in [2.05, 4.69) is 5.32 Å². The number of amides is 1. The molecule has 2 aromatic carbocycles. The number of benzene rings is 2. The Balaban J connectivity index is 2.08. The van der Waals surface area contributed by atoms with Crippen LogP contribution in [0.2, 0.25) is 0 Å². The van der Waals surface area contributed by atoms with Crippen LogP contribution in [-0.2, 0) is 9.53 Å². The summed E-state index contributed by atoms with van der Waals surface area (Å²) >= 11 is 0. The average Bonchev–Trinajstić information content (AvgIpc) is 2.54. The molecule has 0 bridgehead atoms. The zero-order valence-corrected chi connectivity index (χ0v) is 14.1. The van der Waals surface area contributed by atoms with Gasteiger partial charge in [-0.1, -0.05) is 29.8 Å². The molecule has 0 aliphatic heterocycles. The van der Waals surface area contributed by atoms with Crippen molar-refractivity contribution < 1.29 is 19.2 Å². The van der Waals surface area contributed by atoms with Gasteiger partial charge in [-0.15, -0.1) is 0 Å². The number of aryl methyl sites for hydroxylation is 2. The van der Waals surface area contributed by atoms with Crippen molar-refractivity contribution in [3.63, 3.8) is 0 Å². The van der Waals surface area contributed by atoms with Crippen molar-refractivity contribution in [2.75, 3.05) is 5.32 Å². The van der Waals surface area contributed by atoms with Crippen LogP contribution >= 0.6 is 0 Å². The highest BCUT2D eigenvalue weighted by Crippen LogP contribution is 2.23. The molecule has 0 aliphatic carbocycles. The molecule has 0 heterocycles. The largest absolute Gasteiger partial charge is 0.449 e. The first-order valence-corrected chi connectivity index (χ1v) is 7.62. The Morgan fingerprint density at radius 3 is 2.48 bits per heavy atom. The summed E-state index contributed by atoms with van der Waals surface area (Å²) in [6.45, 7) is 5.10. The summed E-state index contributed by atoms with van der Waals surface area (Å²) < 4.78 is 5.17. The van der Waals surface area contributed by atoms with Gasteiger partial charge in [0.2, 0.25) is 0 Å². The van der Waals surface area contributed by atoms with Crippen molar-refractivity contribution in [3.05, 3.63) is 69.3 Å². The van der Waals surface area contributed by atoms with Crippen LogP contribution in [0.1, 0.15) is 28.4 Å². The third-order valence-corrected chi connectivity index (χ3v) is 3.61. The Morgan fingerprint density at radius 1 is 1.16 bits per heavy atom. The Hall–Kier alpha value is -3.22. The Morgan fingerprint density at radius 2 is 1.84 bits per heavy atom. The quantitative estimate of drug-likeness (QED) is 0.510. The Labute approximate surface area is 144 Å². The molecule has 0 fully saturated rings. The second kappa shape index (κ2) is 7.57. The third kappa shape index (κ3) is 4.41. The first-order valence-electron chi connectivity index (χ1n) is 7.62. The van der Waals surface area contributed by atoms with Crippen molar-refractivity contribution in [2.24, 2.45) is 0 Å². The van der Waals surface area contributed by atoms with Gasteiger partial charge in [0.1, 0.15) is 5.69 Å². The van der Waals surface area contributed by atoms with Crippen molar-refractivity contribution in [3.8, 4) is 0 Å². The van der Waals surface area contributed by atoms with Gasteiger partial charge in [-0.3, -0.25) is 14.9 Å². The minimum Gasteiger partial charge on any atom is -0.449 e. The Bertz CT molecular complexity index is 832. The van der Waals surface area contributed by atoms with E-state index >= 15 is 0 Å². The topological polar surface area (TPSA) is 98.5 Å².